The van der Waals surface area contributed by atoms with Crippen molar-refractivity contribution in [2.75, 3.05) is 6.61 Å². The van der Waals surface area contributed by atoms with Crippen molar-refractivity contribution >= 4 is 0 Å². The second kappa shape index (κ2) is 4.10. The first-order chi connectivity index (χ1) is 5.24. The molecule has 0 aromatic heterocycles. The molecule has 0 aliphatic heterocycles. The van der Waals surface area contributed by atoms with Gasteiger partial charge >= 0.3 is 0 Å². The van der Waals surface area contributed by atoms with Crippen LogP contribution >= 0.6 is 0 Å². The van der Waals surface area contributed by atoms with Crippen LogP contribution in [0.1, 0.15) is 39.5 Å². The van der Waals surface area contributed by atoms with Crippen LogP contribution in [-0.4, -0.2) is 11.7 Å². The maximum Gasteiger partial charge on any atom is 0.0459 e. The predicted molar refractivity (Wildman–Crippen MR) is 47.4 cm³/mol. The molecule has 66 valence electrons. The summed E-state index contributed by atoms with van der Waals surface area (Å²) in [7, 11) is 0. The van der Waals surface area contributed by atoms with Crippen LogP contribution in [0.25, 0.3) is 0 Å². The highest BCUT2D eigenvalue weighted by molar-refractivity contribution is 4.74. The minimum absolute atomic E-state index is 0.406. The highest BCUT2D eigenvalue weighted by Crippen LogP contribution is 2.33. The van der Waals surface area contributed by atoms with Crippen molar-refractivity contribution in [2.24, 2.45) is 17.8 Å². The van der Waals surface area contributed by atoms with Gasteiger partial charge in [-0.15, -0.1) is 0 Å². The van der Waals surface area contributed by atoms with Gasteiger partial charge < -0.3 is 5.11 Å². The quantitative estimate of drug-likeness (QED) is 0.651. The van der Waals surface area contributed by atoms with Crippen LogP contribution in [0.2, 0.25) is 0 Å². The van der Waals surface area contributed by atoms with Crippen LogP contribution in [0.3, 0.4) is 0 Å². The Morgan fingerprint density at radius 1 is 1.36 bits per heavy atom. The van der Waals surface area contributed by atoms with E-state index in [2.05, 4.69) is 13.8 Å². The summed E-state index contributed by atoms with van der Waals surface area (Å²) in [6, 6.07) is 0. The highest BCUT2D eigenvalue weighted by Gasteiger charge is 2.23. The summed E-state index contributed by atoms with van der Waals surface area (Å²) in [6.45, 7) is 5.00. The number of aliphatic hydroxyl groups excluding tert-OH is 1. The molecular formula is C10H20O. The number of hydrogen-bond donors (Lipinski definition) is 1. The van der Waals surface area contributed by atoms with Crippen molar-refractivity contribution in [3.05, 3.63) is 0 Å². The third-order valence-electron chi connectivity index (χ3n) is 3.02. The van der Waals surface area contributed by atoms with Gasteiger partial charge in [-0.25, -0.2) is 0 Å². The summed E-state index contributed by atoms with van der Waals surface area (Å²) in [5, 5.41) is 8.99. The van der Waals surface area contributed by atoms with E-state index in [0.29, 0.717) is 12.5 Å². The Morgan fingerprint density at radius 2 is 2.09 bits per heavy atom. The van der Waals surface area contributed by atoms with Crippen LogP contribution in [0.4, 0.5) is 0 Å². The fraction of sp³-hybridized carbons (Fsp3) is 1.00. The third-order valence-corrected chi connectivity index (χ3v) is 3.02. The minimum Gasteiger partial charge on any atom is -0.396 e. The van der Waals surface area contributed by atoms with E-state index < -0.39 is 0 Å². The van der Waals surface area contributed by atoms with Crippen molar-refractivity contribution in [3.63, 3.8) is 0 Å². The van der Waals surface area contributed by atoms with Gasteiger partial charge in [0.1, 0.15) is 0 Å². The second-order valence-corrected chi connectivity index (χ2v) is 4.22. The largest absolute Gasteiger partial charge is 0.396 e. The van der Waals surface area contributed by atoms with Gasteiger partial charge in [0.05, 0.1) is 0 Å². The van der Waals surface area contributed by atoms with E-state index in [1.54, 1.807) is 0 Å². The molecule has 1 N–H and O–H groups in total. The zero-order chi connectivity index (χ0) is 8.27. The fourth-order valence-corrected chi connectivity index (χ4v) is 2.10. The standard InChI is InChI=1S/C10H20O/c1-8(2)10-5-3-4-9(6-10)7-11/h8-11H,3-7H2,1-2H3/t9-,10-/m1/s1. The lowest BCUT2D eigenvalue weighted by Gasteiger charge is -2.30. The maximum atomic E-state index is 8.99. The molecule has 0 spiro atoms. The zero-order valence-corrected chi connectivity index (χ0v) is 7.71. The van der Waals surface area contributed by atoms with Crippen molar-refractivity contribution in [3.8, 4) is 0 Å². The van der Waals surface area contributed by atoms with Gasteiger partial charge in [-0.3, -0.25) is 0 Å². The first-order valence-corrected chi connectivity index (χ1v) is 4.85. The minimum atomic E-state index is 0.406. The Labute approximate surface area is 69.8 Å². The third kappa shape index (κ3) is 2.48. The molecule has 1 nitrogen and oxygen atoms in total. The zero-order valence-electron chi connectivity index (χ0n) is 7.71. The summed E-state index contributed by atoms with van der Waals surface area (Å²) in [4.78, 5) is 0. The Kier molecular flexibility index (Phi) is 3.38. The smallest absolute Gasteiger partial charge is 0.0459 e. The average Bonchev–Trinajstić information content (AvgIpc) is 2.05. The summed E-state index contributed by atoms with van der Waals surface area (Å²) in [5.74, 6) is 2.29. The molecule has 11 heavy (non-hydrogen) atoms. The number of hydrogen-bond acceptors (Lipinski definition) is 1. The average molecular weight is 156 g/mol. The molecule has 1 saturated carbocycles. The normalized spacial score (nSPS) is 32.7. The highest BCUT2D eigenvalue weighted by atomic mass is 16.3. The molecule has 0 saturated heterocycles. The molecule has 0 bridgehead atoms. The molecule has 0 radical (unpaired) electrons. The summed E-state index contributed by atoms with van der Waals surface area (Å²) in [5.41, 5.74) is 0. The van der Waals surface area contributed by atoms with Gasteiger partial charge in [0.2, 0.25) is 0 Å². The first-order valence-electron chi connectivity index (χ1n) is 4.85. The molecule has 0 aromatic carbocycles. The van der Waals surface area contributed by atoms with Crippen LogP contribution in [0.15, 0.2) is 0 Å². The molecule has 1 heteroatoms. The van der Waals surface area contributed by atoms with Gasteiger partial charge in [0.15, 0.2) is 0 Å². The topological polar surface area (TPSA) is 20.2 Å². The molecule has 0 heterocycles. The van der Waals surface area contributed by atoms with Crippen LogP contribution < -0.4 is 0 Å². The molecule has 1 aliphatic carbocycles. The number of rotatable bonds is 2. The molecule has 0 amide bonds. The predicted octanol–water partition coefficient (Wildman–Crippen LogP) is 2.44. The fourth-order valence-electron chi connectivity index (χ4n) is 2.10. The Hall–Kier alpha value is -0.0400. The molecule has 1 fully saturated rings. The van der Waals surface area contributed by atoms with Crippen molar-refractivity contribution in [1.82, 2.24) is 0 Å². The SMILES string of the molecule is CC(C)[C@@H]1CCC[C@@H](CO)C1. The van der Waals surface area contributed by atoms with Crippen LogP contribution in [-0.2, 0) is 0 Å². The molecule has 2 atom stereocenters. The Morgan fingerprint density at radius 3 is 2.64 bits per heavy atom. The van der Waals surface area contributed by atoms with Gasteiger partial charge in [-0.2, -0.15) is 0 Å². The van der Waals surface area contributed by atoms with E-state index in [9.17, 15) is 0 Å². The molecular weight excluding hydrogens is 136 g/mol. The summed E-state index contributed by atoms with van der Waals surface area (Å²) in [6.07, 6.45) is 5.22. The van der Waals surface area contributed by atoms with Gasteiger partial charge in [-0.05, 0) is 30.6 Å². The van der Waals surface area contributed by atoms with Crippen LogP contribution in [0, 0.1) is 17.8 Å². The van der Waals surface area contributed by atoms with Gasteiger partial charge in [0.25, 0.3) is 0 Å². The molecule has 0 aromatic rings. The Bertz CT molecular complexity index is 109. The van der Waals surface area contributed by atoms with E-state index in [1.165, 1.54) is 25.7 Å². The van der Waals surface area contributed by atoms with Crippen molar-refractivity contribution in [2.45, 2.75) is 39.5 Å². The first kappa shape index (κ1) is 9.05. The van der Waals surface area contributed by atoms with E-state index >= 15 is 0 Å². The molecule has 1 aliphatic rings. The van der Waals surface area contributed by atoms with E-state index in [4.69, 9.17) is 5.11 Å². The lowest BCUT2D eigenvalue weighted by molar-refractivity contribution is 0.141. The number of aliphatic hydroxyl groups is 1. The summed E-state index contributed by atoms with van der Waals surface area (Å²) >= 11 is 0. The van der Waals surface area contributed by atoms with Crippen LogP contribution in [0.5, 0.6) is 0 Å². The Balaban J connectivity index is 2.33. The maximum absolute atomic E-state index is 8.99. The lowest BCUT2D eigenvalue weighted by atomic mass is 9.76. The van der Waals surface area contributed by atoms with Crippen molar-refractivity contribution < 1.29 is 5.11 Å². The van der Waals surface area contributed by atoms with E-state index in [-0.39, 0.29) is 0 Å². The molecule has 1 rings (SSSR count). The monoisotopic (exact) mass is 156 g/mol. The van der Waals surface area contributed by atoms with Gasteiger partial charge in [-0.1, -0.05) is 26.7 Å². The van der Waals surface area contributed by atoms with Gasteiger partial charge in [0, 0.05) is 6.61 Å². The molecule has 0 unspecified atom stereocenters. The lowest BCUT2D eigenvalue weighted by Crippen LogP contribution is -2.21. The van der Waals surface area contributed by atoms with E-state index in [1.807, 2.05) is 0 Å². The summed E-state index contributed by atoms with van der Waals surface area (Å²) < 4.78 is 0. The van der Waals surface area contributed by atoms with Crippen molar-refractivity contribution in [1.29, 1.82) is 0 Å². The second-order valence-electron chi connectivity index (χ2n) is 4.22. The van der Waals surface area contributed by atoms with E-state index in [0.717, 1.165) is 11.8 Å².